The molecule has 1 saturated heterocycles. The third-order valence-electron chi connectivity index (χ3n) is 4.03. The molecule has 21 heavy (non-hydrogen) atoms. The average Bonchev–Trinajstić information content (AvgIpc) is 2.89. The van der Waals surface area contributed by atoms with E-state index in [1.807, 2.05) is 0 Å². The van der Waals surface area contributed by atoms with Crippen LogP contribution in [0, 0.1) is 19.8 Å². The molecule has 1 fully saturated rings. The quantitative estimate of drug-likeness (QED) is 0.922. The van der Waals surface area contributed by atoms with Gasteiger partial charge in [0.2, 0.25) is 0 Å². The van der Waals surface area contributed by atoms with Crippen LogP contribution in [-0.4, -0.2) is 48.7 Å². The Hall–Kier alpha value is -1.88. The first-order chi connectivity index (χ1) is 9.95. The van der Waals surface area contributed by atoms with Gasteiger partial charge in [-0.25, -0.2) is 4.79 Å². The molecular formula is C16H21NO4. The fraction of sp³-hybridized carbons (Fsp3) is 0.500. The highest BCUT2D eigenvalue weighted by Crippen LogP contribution is 2.24. The van der Waals surface area contributed by atoms with Crippen molar-refractivity contribution in [1.29, 1.82) is 0 Å². The zero-order valence-electron chi connectivity index (χ0n) is 12.7. The Morgan fingerprint density at radius 1 is 1.29 bits per heavy atom. The van der Waals surface area contributed by atoms with E-state index in [4.69, 9.17) is 4.74 Å². The van der Waals surface area contributed by atoms with E-state index in [0.717, 1.165) is 6.42 Å². The van der Waals surface area contributed by atoms with Crippen LogP contribution in [0.4, 0.5) is 0 Å². The van der Waals surface area contributed by atoms with Gasteiger partial charge in [0.25, 0.3) is 5.91 Å². The number of amides is 1. The number of aryl methyl sites for hydroxylation is 2. The first kappa shape index (κ1) is 15.5. The number of carboxylic acids is 1. The lowest BCUT2D eigenvalue weighted by molar-refractivity contribution is 0.0677. The molecule has 1 aromatic rings. The van der Waals surface area contributed by atoms with Crippen LogP contribution >= 0.6 is 0 Å². The Balaban J connectivity index is 2.32. The first-order valence-electron chi connectivity index (χ1n) is 7.07. The van der Waals surface area contributed by atoms with Crippen molar-refractivity contribution in [2.24, 2.45) is 5.92 Å². The number of carboxylic acid groups (broad SMARTS) is 1. The smallest absolute Gasteiger partial charge is 0.336 e. The van der Waals surface area contributed by atoms with E-state index in [1.54, 1.807) is 38.0 Å². The summed E-state index contributed by atoms with van der Waals surface area (Å²) in [5.41, 5.74) is 1.76. The molecule has 1 heterocycles. The molecule has 114 valence electrons. The highest BCUT2D eigenvalue weighted by atomic mass is 16.5. The summed E-state index contributed by atoms with van der Waals surface area (Å²) in [6, 6.07) is 3.55. The summed E-state index contributed by atoms with van der Waals surface area (Å²) in [6.07, 6.45) is 0.896. The standard InChI is InChI=1S/C16H21NO4/c1-10-4-5-11(2)14(16(19)20)13(10)15(18)17-7-6-12(8-17)9-21-3/h4-5,12H,6-9H2,1-3H3,(H,19,20). The van der Waals surface area contributed by atoms with Crippen LogP contribution < -0.4 is 0 Å². The molecule has 5 heteroatoms. The van der Waals surface area contributed by atoms with Crippen LogP contribution in [0.3, 0.4) is 0 Å². The summed E-state index contributed by atoms with van der Waals surface area (Å²) in [7, 11) is 1.65. The van der Waals surface area contributed by atoms with Gasteiger partial charge in [-0.05, 0) is 31.4 Å². The minimum Gasteiger partial charge on any atom is -0.478 e. The van der Waals surface area contributed by atoms with Gasteiger partial charge >= 0.3 is 5.97 Å². The summed E-state index contributed by atoms with van der Waals surface area (Å²) in [6.45, 7) is 5.40. The summed E-state index contributed by atoms with van der Waals surface area (Å²) in [5, 5.41) is 9.41. The molecule has 1 aromatic carbocycles. The van der Waals surface area contributed by atoms with Crippen LogP contribution in [0.25, 0.3) is 0 Å². The van der Waals surface area contributed by atoms with Crippen LogP contribution in [0.2, 0.25) is 0 Å². The second-order valence-electron chi connectivity index (χ2n) is 5.62. The minimum atomic E-state index is -1.05. The lowest BCUT2D eigenvalue weighted by Gasteiger charge is -2.20. The van der Waals surface area contributed by atoms with E-state index in [1.165, 1.54) is 0 Å². The SMILES string of the molecule is COCC1CCN(C(=O)c2c(C)ccc(C)c2C(=O)O)C1. The molecule has 1 atom stereocenters. The molecule has 0 saturated carbocycles. The van der Waals surface area contributed by atoms with Gasteiger partial charge in [-0.3, -0.25) is 4.79 Å². The van der Waals surface area contributed by atoms with E-state index in [2.05, 4.69) is 0 Å². The van der Waals surface area contributed by atoms with E-state index < -0.39 is 5.97 Å². The fourth-order valence-corrected chi connectivity index (χ4v) is 2.91. The van der Waals surface area contributed by atoms with Crippen LogP contribution in [0.1, 0.15) is 38.3 Å². The third kappa shape index (κ3) is 3.08. The second-order valence-corrected chi connectivity index (χ2v) is 5.62. The zero-order valence-corrected chi connectivity index (χ0v) is 12.7. The molecule has 0 spiro atoms. The van der Waals surface area contributed by atoms with Gasteiger partial charge in [0.05, 0.1) is 17.7 Å². The maximum atomic E-state index is 12.7. The highest BCUT2D eigenvalue weighted by molar-refractivity contribution is 6.06. The van der Waals surface area contributed by atoms with Gasteiger partial charge in [-0.15, -0.1) is 0 Å². The van der Waals surface area contributed by atoms with Crippen molar-refractivity contribution in [2.75, 3.05) is 26.8 Å². The molecule has 1 aliphatic rings. The number of benzene rings is 1. The van der Waals surface area contributed by atoms with Crippen molar-refractivity contribution in [1.82, 2.24) is 4.90 Å². The number of hydrogen-bond donors (Lipinski definition) is 1. The van der Waals surface area contributed by atoms with Gasteiger partial charge in [0, 0.05) is 26.1 Å². The van der Waals surface area contributed by atoms with Crippen molar-refractivity contribution in [2.45, 2.75) is 20.3 Å². The summed E-state index contributed by atoms with van der Waals surface area (Å²) >= 11 is 0. The predicted molar refractivity (Wildman–Crippen MR) is 78.8 cm³/mol. The molecular weight excluding hydrogens is 270 g/mol. The molecule has 1 unspecified atom stereocenters. The number of methoxy groups -OCH3 is 1. The molecule has 1 aliphatic heterocycles. The van der Waals surface area contributed by atoms with Gasteiger partial charge in [-0.2, -0.15) is 0 Å². The first-order valence-corrected chi connectivity index (χ1v) is 7.07. The lowest BCUT2D eigenvalue weighted by Crippen LogP contribution is -2.31. The zero-order chi connectivity index (χ0) is 15.6. The Morgan fingerprint density at radius 3 is 2.48 bits per heavy atom. The largest absolute Gasteiger partial charge is 0.478 e. The number of rotatable bonds is 4. The number of carbonyl (C=O) groups excluding carboxylic acids is 1. The number of ether oxygens (including phenoxy) is 1. The number of aromatic carboxylic acids is 1. The van der Waals surface area contributed by atoms with Crippen LogP contribution in [0.15, 0.2) is 12.1 Å². The molecule has 5 nitrogen and oxygen atoms in total. The van der Waals surface area contributed by atoms with Crippen molar-refractivity contribution >= 4 is 11.9 Å². The Bertz CT molecular complexity index is 568. The van der Waals surface area contributed by atoms with Crippen LogP contribution in [0.5, 0.6) is 0 Å². The summed E-state index contributed by atoms with van der Waals surface area (Å²) in [5.74, 6) is -0.906. The van der Waals surface area contributed by atoms with Gasteiger partial charge in [-0.1, -0.05) is 12.1 Å². The summed E-state index contributed by atoms with van der Waals surface area (Å²) in [4.78, 5) is 25.9. The van der Waals surface area contributed by atoms with Gasteiger partial charge in [0.15, 0.2) is 0 Å². The highest BCUT2D eigenvalue weighted by Gasteiger charge is 2.30. The monoisotopic (exact) mass is 291 g/mol. The number of likely N-dealkylation sites (tertiary alicyclic amines) is 1. The molecule has 1 amide bonds. The predicted octanol–water partition coefficient (Wildman–Crippen LogP) is 2.11. The normalized spacial score (nSPS) is 18.0. The number of carbonyl (C=O) groups is 2. The third-order valence-corrected chi connectivity index (χ3v) is 4.03. The van der Waals surface area contributed by atoms with E-state index in [9.17, 15) is 14.7 Å². The lowest BCUT2D eigenvalue weighted by atomic mass is 9.96. The molecule has 2 rings (SSSR count). The summed E-state index contributed by atoms with van der Waals surface area (Å²) < 4.78 is 5.13. The van der Waals surface area contributed by atoms with Gasteiger partial charge in [0.1, 0.15) is 0 Å². The van der Waals surface area contributed by atoms with Crippen molar-refractivity contribution in [3.8, 4) is 0 Å². The Kier molecular flexibility index (Phi) is 4.63. The Morgan fingerprint density at radius 2 is 1.90 bits per heavy atom. The van der Waals surface area contributed by atoms with Crippen molar-refractivity contribution < 1.29 is 19.4 Å². The van der Waals surface area contributed by atoms with E-state index >= 15 is 0 Å². The van der Waals surface area contributed by atoms with E-state index in [-0.39, 0.29) is 11.5 Å². The molecule has 0 radical (unpaired) electrons. The topological polar surface area (TPSA) is 66.8 Å². The molecule has 0 aliphatic carbocycles. The minimum absolute atomic E-state index is 0.121. The van der Waals surface area contributed by atoms with Crippen LogP contribution in [-0.2, 0) is 4.74 Å². The Labute approximate surface area is 124 Å². The van der Waals surface area contributed by atoms with Crippen molar-refractivity contribution in [3.63, 3.8) is 0 Å². The maximum Gasteiger partial charge on any atom is 0.336 e. The fourth-order valence-electron chi connectivity index (χ4n) is 2.91. The van der Waals surface area contributed by atoms with Gasteiger partial charge < -0.3 is 14.7 Å². The second kappa shape index (κ2) is 6.26. The number of hydrogen-bond acceptors (Lipinski definition) is 3. The number of nitrogens with zero attached hydrogens (tertiary/aromatic N) is 1. The van der Waals surface area contributed by atoms with Crippen molar-refractivity contribution in [3.05, 3.63) is 34.4 Å². The maximum absolute atomic E-state index is 12.7. The average molecular weight is 291 g/mol. The molecule has 0 bridgehead atoms. The molecule has 0 aromatic heterocycles. The molecule has 1 N–H and O–H groups in total. The van der Waals surface area contributed by atoms with E-state index in [0.29, 0.717) is 42.3 Å².